The van der Waals surface area contributed by atoms with Gasteiger partial charge in [0.25, 0.3) is 5.91 Å². The molecule has 5 heteroatoms. The lowest BCUT2D eigenvalue weighted by Crippen LogP contribution is -2.43. The van der Waals surface area contributed by atoms with Gasteiger partial charge in [0.1, 0.15) is 0 Å². The number of hydrogen-bond acceptors (Lipinski definition) is 4. The van der Waals surface area contributed by atoms with E-state index < -0.39 is 0 Å². The fraction of sp³-hybridized carbons (Fsp3) is 0.667. The first-order valence-corrected chi connectivity index (χ1v) is 8.22. The van der Waals surface area contributed by atoms with Crippen LogP contribution in [0.5, 0.6) is 0 Å². The summed E-state index contributed by atoms with van der Waals surface area (Å²) in [6.45, 7) is 2.75. The molecule has 0 saturated carbocycles. The molecule has 0 radical (unpaired) electrons. The van der Waals surface area contributed by atoms with Crippen LogP contribution < -0.4 is 11.1 Å². The van der Waals surface area contributed by atoms with Crippen LogP contribution in [0.15, 0.2) is 6.07 Å². The smallest absolute Gasteiger partial charge is 0.261 e. The van der Waals surface area contributed by atoms with E-state index in [9.17, 15) is 4.79 Å². The number of thiophene rings is 1. The van der Waals surface area contributed by atoms with Crippen LogP contribution in [0.25, 0.3) is 0 Å². The van der Waals surface area contributed by atoms with E-state index in [2.05, 4.69) is 17.3 Å². The van der Waals surface area contributed by atoms with Crippen molar-refractivity contribution in [2.24, 2.45) is 5.92 Å². The molecule has 20 heavy (non-hydrogen) atoms. The van der Waals surface area contributed by atoms with Crippen LogP contribution in [0.3, 0.4) is 0 Å². The summed E-state index contributed by atoms with van der Waals surface area (Å²) in [6.07, 6.45) is 5.09. The van der Waals surface area contributed by atoms with Gasteiger partial charge in [-0.25, -0.2) is 0 Å². The van der Waals surface area contributed by atoms with Crippen LogP contribution in [0.2, 0.25) is 0 Å². The van der Waals surface area contributed by atoms with Gasteiger partial charge in [-0.3, -0.25) is 4.79 Å². The third kappa shape index (κ3) is 2.56. The van der Waals surface area contributed by atoms with Gasteiger partial charge in [0.2, 0.25) is 0 Å². The fourth-order valence-corrected chi connectivity index (χ4v) is 4.48. The highest BCUT2D eigenvalue weighted by Gasteiger charge is 2.38. The van der Waals surface area contributed by atoms with Gasteiger partial charge in [-0.15, -0.1) is 11.3 Å². The highest BCUT2D eigenvalue weighted by molar-refractivity contribution is 7.14. The van der Waals surface area contributed by atoms with Crippen molar-refractivity contribution in [2.45, 2.75) is 44.7 Å². The number of amides is 1. The molecule has 1 amide bonds. The second-order valence-electron chi connectivity index (χ2n) is 6.22. The number of anilines is 1. The van der Waals surface area contributed by atoms with Crippen molar-refractivity contribution in [1.82, 2.24) is 10.2 Å². The highest BCUT2D eigenvalue weighted by Crippen LogP contribution is 2.37. The molecule has 4 nitrogen and oxygen atoms in total. The fourth-order valence-electron chi connectivity index (χ4n) is 3.62. The van der Waals surface area contributed by atoms with Crippen LogP contribution in [-0.4, -0.2) is 36.5 Å². The van der Waals surface area contributed by atoms with Crippen molar-refractivity contribution < 1.29 is 4.79 Å². The standard InChI is InChI=1S/C15H23N3OS/c1-9-13(16)7-14(20-9)15(19)17-8-10-5-11-3-4-12(6-10)18(11)2/h7,10-12H,3-6,8,16H2,1-2H3,(H,17,19). The molecule has 0 spiro atoms. The van der Waals surface area contributed by atoms with Gasteiger partial charge in [-0.2, -0.15) is 0 Å². The predicted octanol–water partition coefficient (Wildman–Crippen LogP) is 2.24. The maximum absolute atomic E-state index is 12.1. The Hall–Kier alpha value is -1.07. The van der Waals surface area contributed by atoms with E-state index in [1.165, 1.54) is 37.0 Å². The maximum Gasteiger partial charge on any atom is 0.261 e. The van der Waals surface area contributed by atoms with E-state index in [0.29, 0.717) is 5.92 Å². The summed E-state index contributed by atoms with van der Waals surface area (Å²) in [4.78, 5) is 16.4. The molecule has 2 unspecified atom stereocenters. The second-order valence-corrected chi connectivity index (χ2v) is 7.48. The summed E-state index contributed by atoms with van der Waals surface area (Å²) in [5.74, 6) is 0.659. The minimum absolute atomic E-state index is 0.0288. The van der Waals surface area contributed by atoms with Crippen LogP contribution in [0.1, 0.15) is 40.2 Å². The number of hydrogen-bond donors (Lipinski definition) is 2. The van der Waals surface area contributed by atoms with E-state index in [0.717, 1.165) is 34.1 Å². The number of rotatable bonds is 3. The van der Waals surface area contributed by atoms with Crippen molar-refractivity contribution in [3.63, 3.8) is 0 Å². The zero-order chi connectivity index (χ0) is 14.3. The minimum atomic E-state index is 0.0288. The summed E-state index contributed by atoms with van der Waals surface area (Å²) in [5.41, 5.74) is 6.52. The summed E-state index contributed by atoms with van der Waals surface area (Å²) >= 11 is 1.48. The van der Waals surface area contributed by atoms with Gasteiger partial charge in [-0.05, 0) is 51.6 Å². The molecule has 3 rings (SSSR count). The lowest BCUT2D eigenvalue weighted by Gasteiger charge is -2.36. The van der Waals surface area contributed by atoms with Gasteiger partial charge in [0.15, 0.2) is 0 Å². The number of aryl methyl sites for hydroxylation is 1. The molecular weight excluding hydrogens is 270 g/mol. The van der Waals surface area contributed by atoms with E-state index in [4.69, 9.17) is 5.73 Å². The molecule has 1 aromatic heterocycles. The molecule has 2 saturated heterocycles. The molecule has 2 atom stereocenters. The lowest BCUT2D eigenvalue weighted by molar-refractivity contribution is 0.0921. The Morgan fingerprint density at radius 1 is 1.45 bits per heavy atom. The van der Waals surface area contributed by atoms with Gasteiger partial charge < -0.3 is 16.0 Å². The van der Waals surface area contributed by atoms with Gasteiger partial charge in [0, 0.05) is 29.2 Å². The van der Waals surface area contributed by atoms with Crippen LogP contribution in [-0.2, 0) is 0 Å². The Balaban J connectivity index is 1.54. The van der Waals surface area contributed by atoms with Gasteiger partial charge in [0.05, 0.1) is 4.88 Å². The number of fused-ring (bicyclic) bond motifs is 2. The molecule has 3 heterocycles. The third-order valence-electron chi connectivity index (χ3n) is 4.93. The molecule has 0 aromatic carbocycles. The van der Waals surface area contributed by atoms with Crippen molar-refractivity contribution in [3.05, 3.63) is 15.8 Å². The molecule has 2 aliphatic heterocycles. The summed E-state index contributed by atoms with van der Waals surface area (Å²) in [6, 6.07) is 3.25. The number of carbonyl (C=O) groups excluding carboxylic acids is 1. The molecule has 110 valence electrons. The first-order valence-electron chi connectivity index (χ1n) is 7.40. The summed E-state index contributed by atoms with van der Waals surface area (Å²) < 4.78 is 0. The quantitative estimate of drug-likeness (QED) is 0.898. The number of nitrogen functional groups attached to an aromatic ring is 1. The largest absolute Gasteiger partial charge is 0.398 e. The summed E-state index contributed by atoms with van der Waals surface area (Å²) in [7, 11) is 2.24. The Morgan fingerprint density at radius 3 is 2.65 bits per heavy atom. The monoisotopic (exact) mass is 293 g/mol. The summed E-state index contributed by atoms with van der Waals surface area (Å²) in [5, 5.41) is 3.09. The Kier molecular flexibility index (Phi) is 3.73. The maximum atomic E-state index is 12.1. The zero-order valence-corrected chi connectivity index (χ0v) is 13.0. The first-order chi connectivity index (χ1) is 9.54. The molecule has 2 aliphatic rings. The molecule has 2 fully saturated rings. The number of nitrogens with two attached hydrogens (primary N) is 1. The number of nitrogens with zero attached hydrogens (tertiary/aromatic N) is 1. The van der Waals surface area contributed by atoms with E-state index in [1.54, 1.807) is 6.07 Å². The number of piperidine rings is 1. The van der Waals surface area contributed by atoms with E-state index in [-0.39, 0.29) is 5.91 Å². The molecule has 0 aliphatic carbocycles. The second kappa shape index (κ2) is 5.37. The minimum Gasteiger partial charge on any atom is -0.398 e. The molecule has 1 aromatic rings. The first kappa shape index (κ1) is 13.9. The van der Waals surface area contributed by atoms with Crippen molar-refractivity contribution in [2.75, 3.05) is 19.3 Å². The number of carbonyl (C=O) groups is 1. The predicted molar refractivity (Wildman–Crippen MR) is 83.1 cm³/mol. The van der Waals surface area contributed by atoms with Gasteiger partial charge in [-0.1, -0.05) is 0 Å². The van der Waals surface area contributed by atoms with Crippen molar-refractivity contribution >= 4 is 22.9 Å². The molecule has 2 bridgehead atoms. The van der Waals surface area contributed by atoms with E-state index >= 15 is 0 Å². The topological polar surface area (TPSA) is 58.4 Å². The van der Waals surface area contributed by atoms with Gasteiger partial charge >= 0.3 is 0 Å². The Labute approximate surface area is 124 Å². The van der Waals surface area contributed by atoms with Crippen molar-refractivity contribution in [1.29, 1.82) is 0 Å². The SMILES string of the molecule is Cc1sc(C(=O)NCC2CC3CCC(C2)N3C)cc1N. The normalized spacial score (nSPS) is 29.6. The molecular formula is C15H23N3OS. The average molecular weight is 293 g/mol. The Bertz CT molecular complexity index is 480. The van der Waals surface area contributed by atoms with Crippen LogP contribution in [0.4, 0.5) is 5.69 Å². The van der Waals surface area contributed by atoms with Crippen LogP contribution >= 0.6 is 11.3 Å². The average Bonchev–Trinajstić information content (AvgIpc) is 2.85. The molecule has 3 N–H and O–H groups in total. The number of nitrogens with one attached hydrogen (secondary N) is 1. The zero-order valence-electron chi connectivity index (χ0n) is 12.2. The van der Waals surface area contributed by atoms with Crippen LogP contribution in [0, 0.1) is 12.8 Å². The third-order valence-corrected chi connectivity index (χ3v) is 5.99. The lowest BCUT2D eigenvalue weighted by atomic mass is 9.91. The highest BCUT2D eigenvalue weighted by atomic mass is 32.1. The van der Waals surface area contributed by atoms with Crippen molar-refractivity contribution in [3.8, 4) is 0 Å². The Morgan fingerprint density at radius 2 is 2.10 bits per heavy atom. The van der Waals surface area contributed by atoms with E-state index in [1.807, 2.05) is 6.92 Å².